The molecule has 1 atom stereocenters. The lowest BCUT2D eigenvalue weighted by Crippen LogP contribution is -2.13. The summed E-state index contributed by atoms with van der Waals surface area (Å²) in [4.78, 5) is 0. The molecule has 1 rings (SSSR count). The van der Waals surface area contributed by atoms with E-state index in [-0.39, 0.29) is 6.10 Å². The molecule has 0 radical (unpaired) electrons. The van der Waals surface area contributed by atoms with Gasteiger partial charge >= 0.3 is 0 Å². The first kappa shape index (κ1) is 11.0. The number of aliphatic hydroxyl groups is 1. The molecule has 1 saturated carbocycles. The molecule has 0 saturated heterocycles. The summed E-state index contributed by atoms with van der Waals surface area (Å²) < 4.78 is 0. The highest BCUT2D eigenvalue weighted by molar-refractivity contribution is 4.67. The molecular formula is C12H24O. The van der Waals surface area contributed by atoms with E-state index in [1.807, 2.05) is 0 Å². The van der Waals surface area contributed by atoms with E-state index in [2.05, 4.69) is 6.92 Å². The summed E-state index contributed by atoms with van der Waals surface area (Å²) in [5.41, 5.74) is 0. The van der Waals surface area contributed by atoms with Gasteiger partial charge in [-0.2, -0.15) is 0 Å². The monoisotopic (exact) mass is 184 g/mol. The fourth-order valence-electron chi connectivity index (χ4n) is 2.33. The molecule has 78 valence electrons. The molecule has 13 heavy (non-hydrogen) atoms. The minimum atomic E-state index is -0.0376. The van der Waals surface area contributed by atoms with Crippen LogP contribution in [-0.4, -0.2) is 11.2 Å². The molecule has 0 bridgehead atoms. The zero-order valence-electron chi connectivity index (χ0n) is 8.97. The van der Waals surface area contributed by atoms with Crippen LogP contribution in [0.3, 0.4) is 0 Å². The Balaban J connectivity index is 2.21. The van der Waals surface area contributed by atoms with E-state index in [9.17, 15) is 5.11 Å². The van der Waals surface area contributed by atoms with E-state index in [1.54, 1.807) is 0 Å². The molecule has 1 nitrogen and oxygen atoms in total. The Hall–Kier alpha value is -0.0400. The minimum Gasteiger partial charge on any atom is -0.393 e. The summed E-state index contributed by atoms with van der Waals surface area (Å²) in [5.74, 6) is 0.815. The maximum atomic E-state index is 9.57. The van der Waals surface area contributed by atoms with Gasteiger partial charge in [-0.3, -0.25) is 0 Å². The molecule has 0 amide bonds. The number of hydrogen-bond donors (Lipinski definition) is 1. The third-order valence-corrected chi connectivity index (χ3v) is 3.30. The molecule has 1 fully saturated rings. The molecule has 1 unspecified atom stereocenters. The van der Waals surface area contributed by atoms with Crippen molar-refractivity contribution < 1.29 is 5.11 Å². The lowest BCUT2D eigenvalue weighted by molar-refractivity contribution is 0.130. The van der Waals surface area contributed by atoms with Gasteiger partial charge in [-0.1, -0.05) is 51.9 Å². The molecular weight excluding hydrogens is 160 g/mol. The molecule has 0 aromatic heterocycles. The van der Waals surface area contributed by atoms with E-state index >= 15 is 0 Å². The second-order valence-corrected chi connectivity index (χ2v) is 4.51. The first-order valence-electron chi connectivity index (χ1n) is 6.01. The number of aliphatic hydroxyl groups excluding tert-OH is 1. The average Bonchev–Trinajstić information content (AvgIpc) is 2.09. The smallest absolute Gasteiger partial charge is 0.0540 e. The van der Waals surface area contributed by atoms with Gasteiger partial charge < -0.3 is 5.11 Å². The zero-order valence-corrected chi connectivity index (χ0v) is 8.97. The van der Waals surface area contributed by atoms with Crippen LogP contribution in [0.5, 0.6) is 0 Å². The van der Waals surface area contributed by atoms with Crippen molar-refractivity contribution in [3.05, 3.63) is 0 Å². The predicted octanol–water partition coefficient (Wildman–Crippen LogP) is 3.51. The molecule has 1 heteroatoms. The standard InChI is InChI=1S/C12H24O/c1-2-12(13)10-11-8-6-4-3-5-7-9-11/h11-13H,2-10H2,1H3. The summed E-state index contributed by atoms with van der Waals surface area (Å²) in [6, 6.07) is 0. The summed E-state index contributed by atoms with van der Waals surface area (Å²) in [6.07, 6.45) is 11.7. The molecule has 1 aliphatic carbocycles. The van der Waals surface area contributed by atoms with Gasteiger partial charge in [-0.05, 0) is 18.8 Å². The Labute approximate surface area is 82.5 Å². The fraction of sp³-hybridized carbons (Fsp3) is 1.00. The van der Waals surface area contributed by atoms with Crippen molar-refractivity contribution in [2.24, 2.45) is 5.92 Å². The Bertz CT molecular complexity index is 114. The Kier molecular flexibility index (Phi) is 5.45. The van der Waals surface area contributed by atoms with Crippen LogP contribution >= 0.6 is 0 Å². The Morgan fingerprint density at radius 1 is 1.08 bits per heavy atom. The second kappa shape index (κ2) is 6.42. The molecule has 1 N–H and O–H groups in total. The minimum absolute atomic E-state index is 0.0376. The van der Waals surface area contributed by atoms with Gasteiger partial charge in [0.15, 0.2) is 0 Å². The van der Waals surface area contributed by atoms with E-state index in [0.29, 0.717) is 0 Å². The van der Waals surface area contributed by atoms with Crippen LogP contribution in [0.15, 0.2) is 0 Å². The van der Waals surface area contributed by atoms with Crippen LogP contribution in [0.25, 0.3) is 0 Å². The highest BCUT2D eigenvalue weighted by Gasteiger charge is 2.14. The van der Waals surface area contributed by atoms with Crippen LogP contribution in [-0.2, 0) is 0 Å². The molecule has 0 spiro atoms. The molecule has 0 aliphatic heterocycles. The largest absolute Gasteiger partial charge is 0.393 e. The number of rotatable bonds is 3. The maximum absolute atomic E-state index is 9.57. The summed E-state index contributed by atoms with van der Waals surface area (Å²) >= 11 is 0. The first-order chi connectivity index (χ1) is 6.33. The van der Waals surface area contributed by atoms with Crippen molar-refractivity contribution in [3.63, 3.8) is 0 Å². The zero-order chi connectivity index (χ0) is 9.52. The van der Waals surface area contributed by atoms with Crippen molar-refractivity contribution in [1.82, 2.24) is 0 Å². The van der Waals surface area contributed by atoms with E-state index in [0.717, 1.165) is 18.8 Å². The van der Waals surface area contributed by atoms with Gasteiger partial charge in [0, 0.05) is 0 Å². The highest BCUT2D eigenvalue weighted by Crippen LogP contribution is 2.26. The van der Waals surface area contributed by atoms with E-state index in [4.69, 9.17) is 0 Å². The predicted molar refractivity (Wildman–Crippen MR) is 56.7 cm³/mol. The highest BCUT2D eigenvalue weighted by atomic mass is 16.3. The van der Waals surface area contributed by atoms with Crippen molar-refractivity contribution in [2.75, 3.05) is 0 Å². The molecule has 1 aliphatic rings. The van der Waals surface area contributed by atoms with Crippen LogP contribution in [0, 0.1) is 5.92 Å². The van der Waals surface area contributed by atoms with Crippen molar-refractivity contribution >= 4 is 0 Å². The van der Waals surface area contributed by atoms with Gasteiger partial charge in [0.1, 0.15) is 0 Å². The molecule has 0 aromatic carbocycles. The van der Waals surface area contributed by atoms with Crippen molar-refractivity contribution in [1.29, 1.82) is 0 Å². The van der Waals surface area contributed by atoms with Crippen molar-refractivity contribution in [3.8, 4) is 0 Å². The topological polar surface area (TPSA) is 20.2 Å². The van der Waals surface area contributed by atoms with Gasteiger partial charge in [-0.15, -0.1) is 0 Å². The maximum Gasteiger partial charge on any atom is 0.0540 e. The van der Waals surface area contributed by atoms with Gasteiger partial charge in [0.05, 0.1) is 6.10 Å². The summed E-state index contributed by atoms with van der Waals surface area (Å²) in [7, 11) is 0. The molecule has 0 heterocycles. The molecule has 0 aromatic rings. The lowest BCUT2D eigenvalue weighted by Gasteiger charge is -2.21. The normalized spacial score (nSPS) is 23.5. The Morgan fingerprint density at radius 2 is 1.62 bits per heavy atom. The van der Waals surface area contributed by atoms with Crippen LogP contribution < -0.4 is 0 Å². The summed E-state index contributed by atoms with van der Waals surface area (Å²) in [5, 5.41) is 9.57. The first-order valence-corrected chi connectivity index (χ1v) is 6.01. The van der Waals surface area contributed by atoms with Crippen LogP contribution in [0.1, 0.15) is 64.7 Å². The van der Waals surface area contributed by atoms with Gasteiger partial charge in [0.25, 0.3) is 0 Å². The fourth-order valence-corrected chi connectivity index (χ4v) is 2.33. The SMILES string of the molecule is CCC(O)CC1CCCCCCC1. The van der Waals surface area contributed by atoms with Gasteiger partial charge in [0.2, 0.25) is 0 Å². The summed E-state index contributed by atoms with van der Waals surface area (Å²) in [6.45, 7) is 2.08. The second-order valence-electron chi connectivity index (χ2n) is 4.51. The van der Waals surface area contributed by atoms with Crippen molar-refractivity contribution in [2.45, 2.75) is 70.8 Å². The average molecular weight is 184 g/mol. The third-order valence-electron chi connectivity index (χ3n) is 3.30. The van der Waals surface area contributed by atoms with E-state index < -0.39 is 0 Å². The Morgan fingerprint density at radius 3 is 2.15 bits per heavy atom. The number of hydrogen-bond acceptors (Lipinski definition) is 1. The van der Waals surface area contributed by atoms with Crippen LogP contribution in [0.2, 0.25) is 0 Å². The van der Waals surface area contributed by atoms with Gasteiger partial charge in [-0.25, -0.2) is 0 Å². The quantitative estimate of drug-likeness (QED) is 0.711. The van der Waals surface area contributed by atoms with E-state index in [1.165, 1.54) is 44.9 Å². The van der Waals surface area contributed by atoms with Crippen LogP contribution in [0.4, 0.5) is 0 Å². The third kappa shape index (κ3) is 4.66. The lowest BCUT2D eigenvalue weighted by atomic mass is 9.87.